The van der Waals surface area contributed by atoms with E-state index in [1.165, 1.54) is 7.11 Å². The molecule has 7 nitrogen and oxygen atoms in total. The van der Waals surface area contributed by atoms with E-state index in [1.54, 1.807) is 17.0 Å². The molecule has 0 unspecified atom stereocenters. The lowest BCUT2D eigenvalue weighted by Crippen LogP contribution is -2.72. The number of piperazine rings is 1. The Bertz CT molecular complexity index is 676. The molecule has 2 heterocycles. The summed E-state index contributed by atoms with van der Waals surface area (Å²) >= 11 is 0. The Morgan fingerprint density at radius 3 is 2.27 bits per heavy atom. The number of carbonyl (C=O) groups excluding carboxylic acids is 2. The molecular weight excluding hydrogens is 336 g/mol. The summed E-state index contributed by atoms with van der Waals surface area (Å²) in [6.07, 6.45) is -0.288. The van der Waals surface area contributed by atoms with Crippen molar-refractivity contribution in [2.75, 3.05) is 44.9 Å². The standard InChI is InChI=1S/C19H26N2O5/c1-18(2,3)26-17(23)20-9-10-21(19(11-20)12-25-13-19)15-7-5-14(6-8-15)16(22)24-4/h5-8H,9-13H2,1-4H3. The Morgan fingerprint density at radius 2 is 1.77 bits per heavy atom. The normalized spacial score (nSPS) is 19.1. The lowest BCUT2D eigenvalue weighted by atomic mass is 9.90. The van der Waals surface area contributed by atoms with Crippen LogP contribution in [0.4, 0.5) is 10.5 Å². The van der Waals surface area contributed by atoms with Gasteiger partial charge in [0, 0.05) is 18.8 Å². The maximum atomic E-state index is 12.4. The number of benzene rings is 1. The largest absolute Gasteiger partial charge is 0.465 e. The molecule has 3 rings (SSSR count). The third kappa shape index (κ3) is 3.62. The summed E-state index contributed by atoms with van der Waals surface area (Å²) in [5.41, 5.74) is 0.760. The molecule has 1 aromatic rings. The van der Waals surface area contributed by atoms with Crippen molar-refractivity contribution in [3.05, 3.63) is 29.8 Å². The molecule has 26 heavy (non-hydrogen) atoms. The number of anilines is 1. The maximum Gasteiger partial charge on any atom is 0.410 e. The van der Waals surface area contributed by atoms with Crippen molar-refractivity contribution in [1.29, 1.82) is 0 Å². The van der Waals surface area contributed by atoms with Gasteiger partial charge in [-0.1, -0.05) is 0 Å². The van der Waals surface area contributed by atoms with Crippen molar-refractivity contribution in [2.45, 2.75) is 31.9 Å². The zero-order valence-corrected chi connectivity index (χ0v) is 15.8. The zero-order chi connectivity index (χ0) is 18.9. The van der Waals surface area contributed by atoms with Crippen LogP contribution in [-0.2, 0) is 14.2 Å². The molecule has 0 atom stereocenters. The van der Waals surface area contributed by atoms with E-state index in [0.29, 0.717) is 38.4 Å². The Morgan fingerprint density at radius 1 is 1.12 bits per heavy atom. The van der Waals surface area contributed by atoms with E-state index in [9.17, 15) is 9.59 Å². The maximum absolute atomic E-state index is 12.4. The summed E-state index contributed by atoms with van der Waals surface area (Å²) < 4.78 is 15.7. The molecule has 0 saturated carbocycles. The molecule has 2 aliphatic heterocycles. The zero-order valence-electron chi connectivity index (χ0n) is 15.8. The molecule has 7 heteroatoms. The highest BCUT2D eigenvalue weighted by molar-refractivity contribution is 5.89. The summed E-state index contributed by atoms with van der Waals surface area (Å²) in [6, 6.07) is 7.34. The summed E-state index contributed by atoms with van der Waals surface area (Å²) in [6.45, 7) is 8.54. The van der Waals surface area contributed by atoms with Gasteiger partial charge in [0.15, 0.2) is 0 Å². The Balaban J connectivity index is 1.74. The van der Waals surface area contributed by atoms with Crippen LogP contribution in [0, 0.1) is 0 Å². The highest BCUT2D eigenvalue weighted by Gasteiger charge is 2.49. The van der Waals surface area contributed by atoms with Gasteiger partial charge < -0.3 is 24.0 Å². The molecule has 0 radical (unpaired) electrons. The van der Waals surface area contributed by atoms with Gasteiger partial charge >= 0.3 is 12.1 Å². The summed E-state index contributed by atoms with van der Waals surface area (Å²) in [4.78, 5) is 28.1. The average molecular weight is 362 g/mol. The first-order valence-corrected chi connectivity index (χ1v) is 8.76. The summed E-state index contributed by atoms with van der Waals surface area (Å²) in [5, 5.41) is 0. The molecule has 0 bridgehead atoms. The van der Waals surface area contributed by atoms with Crippen LogP contribution >= 0.6 is 0 Å². The van der Waals surface area contributed by atoms with Crippen LogP contribution in [-0.4, -0.2) is 68.1 Å². The minimum Gasteiger partial charge on any atom is -0.465 e. The number of nitrogens with zero attached hydrogens (tertiary/aromatic N) is 2. The molecule has 0 N–H and O–H groups in total. The minimum absolute atomic E-state index is 0.248. The number of carbonyl (C=O) groups is 2. The van der Waals surface area contributed by atoms with E-state index >= 15 is 0 Å². The number of hydrogen-bond donors (Lipinski definition) is 0. The molecule has 0 aromatic heterocycles. The van der Waals surface area contributed by atoms with Crippen molar-refractivity contribution in [3.8, 4) is 0 Å². The first-order chi connectivity index (χ1) is 12.2. The van der Waals surface area contributed by atoms with Crippen molar-refractivity contribution >= 4 is 17.7 Å². The highest BCUT2D eigenvalue weighted by Crippen LogP contribution is 2.34. The molecular formula is C19H26N2O5. The summed E-state index contributed by atoms with van der Waals surface area (Å²) in [7, 11) is 1.37. The Kier molecular flexibility index (Phi) is 4.84. The molecule has 2 saturated heterocycles. The molecule has 142 valence electrons. The lowest BCUT2D eigenvalue weighted by molar-refractivity contribution is -0.0831. The number of methoxy groups -OCH3 is 1. The van der Waals surface area contributed by atoms with Gasteiger partial charge in [0.25, 0.3) is 0 Å². The number of hydrogen-bond acceptors (Lipinski definition) is 6. The predicted octanol–water partition coefficient (Wildman–Crippen LogP) is 2.30. The third-order valence-electron chi connectivity index (χ3n) is 4.64. The van der Waals surface area contributed by atoms with Gasteiger partial charge in [0.05, 0.1) is 32.4 Å². The van der Waals surface area contributed by atoms with E-state index in [1.807, 2.05) is 32.9 Å². The highest BCUT2D eigenvalue weighted by atomic mass is 16.6. The first kappa shape index (κ1) is 18.5. The second-order valence-electron chi connectivity index (χ2n) is 7.81. The number of rotatable bonds is 2. The van der Waals surface area contributed by atoms with Crippen LogP contribution in [0.5, 0.6) is 0 Å². The van der Waals surface area contributed by atoms with Crippen LogP contribution < -0.4 is 4.90 Å². The van der Waals surface area contributed by atoms with E-state index in [4.69, 9.17) is 14.2 Å². The number of amides is 1. The quantitative estimate of drug-likeness (QED) is 0.752. The molecule has 0 aliphatic carbocycles. The fourth-order valence-electron chi connectivity index (χ4n) is 3.34. The van der Waals surface area contributed by atoms with E-state index in [-0.39, 0.29) is 17.6 Å². The molecule has 2 fully saturated rings. The van der Waals surface area contributed by atoms with Gasteiger partial charge in [-0.3, -0.25) is 0 Å². The average Bonchev–Trinajstić information content (AvgIpc) is 2.57. The van der Waals surface area contributed by atoms with Crippen LogP contribution in [0.3, 0.4) is 0 Å². The first-order valence-electron chi connectivity index (χ1n) is 8.76. The van der Waals surface area contributed by atoms with Gasteiger partial charge in [-0.15, -0.1) is 0 Å². The fourth-order valence-corrected chi connectivity index (χ4v) is 3.34. The van der Waals surface area contributed by atoms with Gasteiger partial charge in [0.1, 0.15) is 11.1 Å². The van der Waals surface area contributed by atoms with Crippen LogP contribution in [0.2, 0.25) is 0 Å². The van der Waals surface area contributed by atoms with Gasteiger partial charge in [-0.2, -0.15) is 0 Å². The molecule has 1 aromatic carbocycles. The van der Waals surface area contributed by atoms with Crippen molar-refractivity contribution in [1.82, 2.24) is 4.90 Å². The Labute approximate surface area is 153 Å². The van der Waals surface area contributed by atoms with Crippen molar-refractivity contribution in [2.24, 2.45) is 0 Å². The number of esters is 1. The second-order valence-corrected chi connectivity index (χ2v) is 7.81. The lowest BCUT2D eigenvalue weighted by Gasteiger charge is -2.55. The molecule has 1 spiro atoms. The van der Waals surface area contributed by atoms with E-state index in [2.05, 4.69) is 4.90 Å². The van der Waals surface area contributed by atoms with Gasteiger partial charge in [-0.05, 0) is 45.0 Å². The van der Waals surface area contributed by atoms with Gasteiger partial charge in [-0.25, -0.2) is 9.59 Å². The van der Waals surface area contributed by atoms with Crippen LogP contribution in [0.15, 0.2) is 24.3 Å². The Hall–Kier alpha value is -2.28. The summed E-state index contributed by atoms with van der Waals surface area (Å²) in [5.74, 6) is -0.354. The fraction of sp³-hybridized carbons (Fsp3) is 0.579. The van der Waals surface area contributed by atoms with E-state index < -0.39 is 5.60 Å². The van der Waals surface area contributed by atoms with Crippen LogP contribution in [0.25, 0.3) is 0 Å². The number of ether oxygens (including phenoxy) is 3. The smallest absolute Gasteiger partial charge is 0.410 e. The third-order valence-corrected chi connectivity index (χ3v) is 4.64. The monoisotopic (exact) mass is 362 g/mol. The minimum atomic E-state index is -0.513. The molecule has 1 amide bonds. The van der Waals surface area contributed by atoms with E-state index in [0.717, 1.165) is 5.69 Å². The molecule has 2 aliphatic rings. The van der Waals surface area contributed by atoms with Crippen LogP contribution in [0.1, 0.15) is 31.1 Å². The van der Waals surface area contributed by atoms with Gasteiger partial charge in [0.2, 0.25) is 0 Å². The van der Waals surface area contributed by atoms with Crippen molar-refractivity contribution in [3.63, 3.8) is 0 Å². The van der Waals surface area contributed by atoms with Crippen molar-refractivity contribution < 1.29 is 23.8 Å². The predicted molar refractivity (Wildman–Crippen MR) is 96.5 cm³/mol. The second kappa shape index (κ2) is 6.79. The SMILES string of the molecule is COC(=O)c1ccc(N2CCN(C(=O)OC(C)(C)C)CC23COC3)cc1. The topological polar surface area (TPSA) is 68.3 Å².